The molecular formula is C19H19NO4S. The topological polar surface area (TPSA) is 74.7 Å². The number of carboxylic acids is 1. The third-order valence-corrected chi connectivity index (χ3v) is 7.43. The van der Waals surface area contributed by atoms with E-state index in [1.165, 1.54) is 4.31 Å². The molecule has 1 fully saturated rings. The number of sulfonamides is 1. The van der Waals surface area contributed by atoms with E-state index in [0.29, 0.717) is 24.1 Å². The number of hydrogen-bond acceptors (Lipinski definition) is 3. The van der Waals surface area contributed by atoms with Gasteiger partial charge in [0.1, 0.15) is 0 Å². The van der Waals surface area contributed by atoms with Gasteiger partial charge in [0.25, 0.3) is 0 Å². The van der Waals surface area contributed by atoms with Crippen molar-refractivity contribution in [1.82, 2.24) is 0 Å². The van der Waals surface area contributed by atoms with Crippen LogP contribution in [0.2, 0.25) is 0 Å². The molecule has 0 amide bonds. The fourth-order valence-electron chi connectivity index (χ4n) is 3.77. The Morgan fingerprint density at radius 2 is 1.72 bits per heavy atom. The van der Waals surface area contributed by atoms with Crippen molar-refractivity contribution < 1.29 is 18.3 Å². The van der Waals surface area contributed by atoms with Crippen molar-refractivity contribution in [1.29, 1.82) is 0 Å². The van der Waals surface area contributed by atoms with Gasteiger partial charge in [-0.1, -0.05) is 48.5 Å². The van der Waals surface area contributed by atoms with Crippen molar-refractivity contribution in [3.63, 3.8) is 0 Å². The Bertz CT molecular complexity index is 910. The minimum absolute atomic E-state index is 0.0237. The first-order valence-electron chi connectivity index (χ1n) is 8.38. The van der Waals surface area contributed by atoms with E-state index < -0.39 is 27.2 Å². The van der Waals surface area contributed by atoms with Crippen molar-refractivity contribution in [3.8, 4) is 0 Å². The summed E-state index contributed by atoms with van der Waals surface area (Å²) < 4.78 is 27.7. The summed E-state index contributed by atoms with van der Waals surface area (Å²) in [5.41, 5.74) is 2.14. The summed E-state index contributed by atoms with van der Waals surface area (Å²) in [6, 6.07) is 16.6. The Balaban J connectivity index is 1.66. The first-order chi connectivity index (χ1) is 12.0. The number of carboxylic acid groups (broad SMARTS) is 1. The molecule has 0 radical (unpaired) electrons. The highest BCUT2D eigenvalue weighted by Crippen LogP contribution is 2.49. The summed E-state index contributed by atoms with van der Waals surface area (Å²) >= 11 is 0. The van der Waals surface area contributed by atoms with Gasteiger partial charge < -0.3 is 5.11 Å². The summed E-state index contributed by atoms with van der Waals surface area (Å²) in [4.78, 5) is 11.5. The van der Waals surface area contributed by atoms with Crippen molar-refractivity contribution in [2.75, 3.05) is 10.8 Å². The second kappa shape index (κ2) is 5.88. The lowest BCUT2D eigenvalue weighted by Gasteiger charge is -2.33. The minimum atomic E-state index is -3.51. The van der Waals surface area contributed by atoms with Crippen LogP contribution in [0, 0.1) is 0 Å². The summed E-state index contributed by atoms with van der Waals surface area (Å²) in [5.74, 6) is -1.53. The number of para-hydroxylation sites is 1. The van der Waals surface area contributed by atoms with Gasteiger partial charge in [0.05, 0.1) is 16.9 Å². The summed E-state index contributed by atoms with van der Waals surface area (Å²) in [5, 5.41) is 8.99. The average Bonchev–Trinajstić information content (AvgIpc) is 3.43. The molecule has 1 aliphatic heterocycles. The van der Waals surface area contributed by atoms with Crippen molar-refractivity contribution in [2.45, 2.75) is 29.9 Å². The lowest BCUT2D eigenvalue weighted by atomic mass is 9.91. The van der Waals surface area contributed by atoms with E-state index in [1.54, 1.807) is 24.3 Å². The first kappa shape index (κ1) is 16.1. The van der Waals surface area contributed by atoms with Crippen LogP contribution in [0.1, 0.15) is 35.8 Å². The molecule has 130 valence electrons. The molecule has 1 aliphatic carbocycles. The fraction of sp³-hybridized carbons (Fsp3) is 0.316. The predicted molar refractivity (Wildman–Crippen MR) is 95.3 cm³/mol. The molecular weight excluding hydrogens is 338 g/mol. The van der Waals surface area contributed by atoms with Crippen LogP contribution in [0.3, 0.4) is 0 Å². The van der Waals surface area contributed by atoms with Crippen LogP contribution in [-0.2, 0) is 14.8 Å². The first-order valence-corrected chi connectivity index (χ1v) is 9.88. The van der Waals surface area contributed by atoms with Crippen LogP contribution < -0.4 is 4.31 Å². The van der Waals surface area contributed by atoms with E-state index >= 15 is 0 Å². The normalized spacial score (nSPS) is 25.3. The average molecular weight is 357 g/mol. The zero-order chi connectivity index (χ0) is 17.6. The van der Waals surface area contributed by atoms with E-state index in [9.17, 15) is 18.3 Å². The van der Waals surface area contributed by atoms with Crippen molar-refractivity contribution in [2.24, 2.45) is 0 Å². The SMILES string of the molecule is O=C(O)C1CCN(S(=O)(=O)C2CC2c2ccccc2)c2ccccc21. The van der Waals surface area contributed by atoms with Crippen molar-refractivity contribution >= 4 is 21.7 Å². The summed E-state index contributed by atoms with van der Waals surface area (Å²) in [6.07, 6.45) is 0.918. The Kier molecular flexibility index (Phi) is 3.80. The second-order valence-corrected chi connectivity index (χ2v) is 8.72. The molecule has 0 aromatic heterocycles. The predicted octanol–water partition coefficient (Wildman–Crippen LogP) is 2.95. The maximum Gasteiger partial charge on any atom is 0.311 e. The summed E-state index contributed by atoms with van der Waals surface area (Å²) in [6.45, 7) is 0.217. The Morgan fingerprint density at radius 1 is 1.04 bits per heavy atom. The molecule has 3 atom stereocenters. The quantitative estimate of drug-likeness (QED) is 0.913. The van der Waals surface area contributed by atoms with Gasteiger partial charge in [0.2, 0.25) is 10.0 Å². The number of hydrogen-bond donors (Lipinski definition) is 1. The number of carbonyl (C=O) groups is 1. The lowest BCUT2D eigenvalue weighted by Crippen LogP contribution is -2.40. The molecule has 6 heteroatoms. The zero-order valence-electron chi connectivity index (χ0n) is 13.6. The smallest absolute Gasteiger partial charge is 0.311 e. The van der Waals surface area contributed by atoms with Crippen LogP contribution in [0.4, 0.5) is 5.69 Å². The van der Waals surface area contributed by atoms with Crippen LogP contribution in [0.15, 0.2) is 54.6 Å². The van der Waals surface area contributed by atoms with Gasteiger partial charge in [0.15, 0.2) is 0 Å². The standard InChI is InChI=1S/C19H19NO4S/c21-19(22)15-10-11-20(17-9-5-4-8-14(15)17)25(23,24)18-12-16(18)13-6-2-1-3-7-13/h1-9,15-16,18H,10-12H2,(H,21,22). The number of benzene rings is 2. The highest BCUT2D eigenvalue weighted by atomic mass is 32.2. The molecule has 2 aromatic rings. The van der Waals surface area contributed by atoms with Crippen LogP contribution in [0.25, 0.3) is 0 Å². The molecule has 0 saturated heterocycles. The van der Waals surface area contributed by atoms with Gasteiger partial charge >= 0.3 is 5.97 Å². The molecule has 0 spiro atoms. The lowest BCUT2D eigenvalue weighted by molar-refractivity contribution is -0.139. The van der Waals surface area contributed by atoms with Gasteiger partial charge in [0, 0.05) is 12.5 Å². The fourth-order valence-corrected chi connectivity index (χ4v) is 5.92. The van der Waals surface area contributed by atoms with E-state index in [-0.39, 0.29) is 12.5 Å². The summed E-state index contributed by atoms with van der Waals surface area (Å²) in [7, 11) is -3.51. The maximum absolute atomic E-state index is 13.1. The molecule has 4 rings (SSSR count). The van der Waals surface area contributed by atoms with Crippen LogP contribution in [-0.4, -0.2) is 31.3 Å². The molecule has 2 aromatic carbocycles. The van der Waals surface area contributed by atoms with Gasteiger partial charge in [-0.25, -0.2) is 8.42 Å². The van der Waals surface area contributed by atoms with Crippen LogP contribution >= 0.6 is 0 Å². The van der Waals surface area contributed by atoms with Crippen LogP contribution in [0.5, 0.6) is 0 Å². The van der Waals surface area contributed by atoms with E-state index in [2.05, 4.69) is 0 Å². The van der Waals surface area contributed by atoms with E-state index in [4.69, 9.17) is 0 Å². The monoisotopic (exact) mass is 357 g/mol. The second-order valence-electron chi connectivity index (χ2n) is 6.65. The number of fused-ring (bicyclic) bond motifs is 1. The third kappa shape index (κ3) is 2.70. The van der Waals surface area contributed by atoms with Crippen molar-refractivity contribution in [3.05, 3.63) is 65.7 Å². The molecule has 3 unspecified atom stereocenters. The number of nitrogens with zero attached hydrogens (tertiary/aromatic N) is 1. The molecule has 1 saturated carbocycles. The Labute approximate surface area is 147 Å². The third-order valence-electron chi connectivity index (χ3n) is 5.15. The minimum Gasteiger partial charge on any atom is -0.481 e. The highest BCUT2D eigenvalue weighted by Gasteiger charge is 2.51. The van der Waals surface area contributed by atoms with Gasteiger partial charge in [-0.2, -0.15) is 0 Å². The largest absolute Gasteiger partial charge is 0.481 e. The van der Waals surface area contributed by atoms with E-state index in [0.717, 1.165) is 5.56 Å². The van der Waals surface area contributed by atoms with E-state index in [1.807, 2.05) is 30.3 Å². The maximum atomic E-state index is 13.1. The van der Waals surface area contributed by atoms with Gasteiger partial charge in [-0.3, -0.25) is 9.10 Å². The molecule has 25 heavy (non-hydrogen) atoms. The number of anilines is 1. The van der Waals surface area contributed by atoms with Gasteiger partial charge in [-0.15, -0.1) is 0 Å². The molecule has 5 nitrogen and oxygen atoms in total. The Morgan fingerprint density at radius 3 is 2.44 bits per heavy atom. The number of aliphatic carboxylic acids is 1. The molecule has 2 aliphatic rings. The zero-order valence-corrected chi connectivity index (χ0v) is 14.4. The highest BCUT2D eigenvalue weighted by molar-refractivity contribution is 7.93. The molecule has 0 bridgehead atoms. The number of rotatable bonds is 4. The molecule has 1 N–H and O–H groups in total. The Hall–Kier alpha value is -2.34. The van der Waals surface area contributed by atoms with Gasteiger partial charge in [-0.05, 0) is 30.0 Å². The molecule has 1 heterocycles.